The largest absolute Gasteiger partial charge is 0.508 e. The normalized spacial score (nSPS) is 24.2. The molecule has 1 saturated carbocycles. The first kappa shape index (κ1) is 11.5. The number of aromatic hydroxyl groups is 1. The number of hydrogen-bond acceptors (Lipinski definition) is 2. The lowest BCUT2D eigenvalue weighted by molar-refractivity contribution is 0.239. The fraction of sp³-hybridized carbons (Fsp3) is 0.571. The van der Waals surface area contributed by atoms with Gasteiger partial charge < -0.3 is 10.4 Å². The van der Waals surface area contributed by atoms with Gasteiger partial charge in [-0.25, -0.2) is 0 Å². The summed E-state index contributed by atoms with van der Waals surface area (Å²) >= 11 is 0. The van der Waals surface area contributed by atoms with E-state index in [0.29, 0.717) is 11.8 Å². The second-order valence-electron chi connectivity index (χ2n) is 5.22. The van der Waals surface area contributed by atoms with Crippen molar-refractivity contribution >= 4 is 0 Å². The quantitative estimate of drug-likeness (QED) is 0.819. The molecule has 0 heterocycles. The third-order valence-electron chi connectivity index (χ3n) is 3.65. The van der Waals surface area contributed by atoms with Crippen LogP contribution in [0.15, 0.2) is 12.1 Å². The lowest BCUT2D eigenvalue weighted by Crippen LogP contribution is -2.39. The van der Waals surface area contributed by atoms with Crippen molar-refractivity contribution in [1.82, 2.24) is 5.32 Å². The van der Waals surface area contributed by atoms with Crippen molar-refractivity contribution in [2.75, 3.05) is 0 Å². The Kier molecular flexibility index (Phi) is 3.20. The molecule has 16 heavy (non-hydrogen) atoms. The van der Waals surface area contributed by atoms with Gasteiger partial charge in [0, 0.05) is 18.2 Å². The molecular formula is C14H21NO. The predicted octanol–water partition coefficient (Wildman–Crippen LogP) is 2.90. The van der Waals surface area contributed by atoms with Gasteiger partial charge in [0.2, 0.25) is 0 Å². The zero-order valence-corrected chi connectivity index (χ0v) is 10.4. The number of hydrogen-bond donors (Lipinski definition) is 2. The third-order valence-corrected chi connectivity index (χ3v) is 3.65. The summed E-state index contributed by atoms with van der Waals surface area (Å²) in [6.07, 6.45) is 2.54. The first-order chi connectivity index (χ1) is 7.56. The molecule has 0 atom stereocenters. The standard InChI is InChI=1S/C14H21NO/c1-9-4-13(5-9)15-8-12-6-10(2)11(3)7-14(12)16/h6-7,9,13,15-16H,4-5,8H2,1-3H3. The minimum absolute atomic E-state index is 0.419. The van der Waals surface area contributed by atoms with Crippen molar-refractivity contribution in [3.63, 3.8) is 0 Å². The Hall–Kier alpha value is -1.02. The van der Waals surface area contributed by atoms with Crippen LogP contribution in [-0.2, 0) is 6.54 Å². The van der Waals surface area contributed by atoms with Gasteiger partial charge in [-0.05, 0) is 49.8 Å². The Morgan fingerprint density at radius 3 is 2.50 bits per heavy atom. The van der Waals surface area contributed by atoms with Crippen molar-refractivity contribution in [2.45, 2.75) is 46.2 Å². The van der Waals surface area contributed by atoms with Gasteiger partial charge in [0.25, 0.3) is 0 Å². The molecule has 2 N–H and O–H groups in total. The molecule has 1 aliphatic rings. The molecule has 0 aromatic heterocycles. The van der Waals surface area contributed by atoms with Crippen LogP contribution in [0.25, 0.3) is 0 Å². The van der Waals surface area contributed by atoms with E-state index in [1.165, 1.54) is 18.4 Å². The molecule has 1 aromatic carbocycles. The van der Waals surface area contributed by atoms with Crippen LogP contribution < -0.4 is 5.32 Å². The molecule has 2 nitrogen and oxygen atoms in total. The van der Waals surface area contributed by atoms with Crippen LogP contribution in [0.1, 0.15) is 36.5 Å². The van der Waals surface area contributed by atoms with E-state index >= 15 is 0 Å². The molecule has 0 unspecified atom stereocenters. The van der Waals surface area contributed by atoms with Crippen LogP contribution in [-0.4, -0.2) is 11.1 Å². The second kappa shape index (κ2) is 4.46. The molecule has 0 amide bonds. The van der Waals surface area contributed by atoms with Crippen LogP contribution in [0.5, 0.6) is 5.75 Å². The fourth-order valence-corrected chi connectivity index (χ4v) is 2.33. The number of phenolic OH excluding ortho intramolecular Hbond substituents is 1. The molecule has 88 valence electrons. The molecule has 0 radical (unpaired) electrons. The van der Waals surface area contributed by atoms with Gasteiger partial charge in [0.1, 0.15) is 5.75 Å². The lowest BCUT2D eigenvalue weighted by Gasteiger charge is -2.33. The molecular weight excluding hydrogens is 198 g/mol. The Morgan fingerprint density at radius 1 is 1.25 bits per heavy atom. The lowest BCUT2D eigenvalue weighted by atomic mass is 9.82. The monoisotopic (exact) mass is 219 g/mol. The van der Waals surface area contributed by atoms with Gasteiger partial charge in [-0.2, -0.15) is 0 Å². The summed E-state index contributed by atoms with van der Waals surface area (Å²) in [7, 11) is 0. The summed E-state index contributed by atoms with van der Waals surface area (Å²) < 4.78 is 0. The van der Waals surface area contributed by atoms with Crippen LogP contribution in [0.3, 0.4) is 0 Å². The van der Waals surface area contributed by atoms with E-state index in [-0.39, 0.29) is 0 Å². The van der Waals surface area contributed by atoms with E-state index < -0.39 is 0 Å². The first-order valence-electron chi connectivity index (χ1n) is 6.08. The zero-order chi connectivity index (χ0) is 11.7. The van der Waals surface area contributed by atoms with Gasteiger partial charge in [-0.1, -0.05) is 13.0 Å². The summed E-state index contributed by atoms with van der Waals surface area (Å²) in [5.74, 6) is 1.29. The minimum atomic E-state index is 0.419. The summed E-state index contributed by atoms with van der Waals surface area (Å²) in [6.45, 7) is 7.18. The van der Waals surface area contributed by atoms with E-state index in [0.717, 1.165) is 23.6 Å². The highest BCUT2D eigenvalue weighted by Crippen LogP contribution is 2.27. The number of aryl methyl sites for hydroxylation is 2. The third kappa shape index (κ3) is 2.38. The highest BCUT2D eigenvalue weighted by molar-refractivity contribution is 5.40. The minimum Gasteiger partial charge on any atom is -0.508 e. The zero-order valence-electron chi connectivity index (χ0n) is 10.4. The first-order valence-corrected chi connectivity index (χ1v) is 6.08. The predicted molar refractivity (Wildman–Crippen MR) is 66.6 cm³/mol. The van der Waals surface area contributed by atoms with Gasteiger partial charge in [-0.3, -0.25) is 0 Å². The maximum atomic E-state index is 9.83. The maximum Gasteiger partial charge on any atom is 0.120 e. The fourth-order valence-electron chi connectivity index (χ4n) is 2.33. The molecule has 1 fully saturated rings. The second-order valence-corrected chi connectivity index (χ2v) is 5.22. The van der Waals surface area contributed by atoms with Crippen molar-refractivity contribution in [2.24, 2.45) is 5.92 Å². The number of nitrogens with one attached hydrogen (secondary N) is 1. The van der Waals surface area contributed by atoms with E-state index in [2.05, 4.69) is 25.2 Å². The molecule has 2 heteroatoms. The highest BCUT2D eigenvalue weighted by Gasteiger charge is 2.24. The Morgan fingerprint density at radius 2 is 1.88 bits per heavy atom. The van der Waals surface area contributed by atoms with E-state index in [1.54, 1.807) is 0 Å². The average Bonchev–Trinajstić information content (AvgIpc) is 2.18. The summed E-state index contributed by atoms with van der Waals surface area (Å²) in [4.78, 5) is 0. The Labute approximate surface area is 97.7 Å². The van der Waals surface area contributed by atoms with Gasteiger partial charge in [-0.15, -0.1) is 0 Å². The van der Waals surface area contributed by atoms with E-state index in [4.69, 9.17) is 0 Å². The van der Waals surface area contributed by atoms with Crippen LogP contribution >= 0.6 is 0 Å². The van der Waals surface area contributed by atoms with Gasteiger partial charge in [0.15, 0.2) is 0 Å². The van der Waals surface area contributed by atoms with E-state index in [1.807, 2.05) is 13.0 Å². The summed E-state index contributed by atoms with van der Waals surface area (Å²) in [5.41, 5.74) is 3.41. The summed E-state index contributed by atoms with van der Waals surface area (Å²) in [5, 5.41) is 13.3. The van der Waals surface area contributed by atoms with Crippen LogP contribution in [0, 0.1) is 19.8 Å². The molecule has 0 bridgehead atoms. The molecule has 0 spiro atoms. The SMILES string of the molecule is Cc1cc(O)c(CNC2CC(C)C2)cc1C. The molecule has 1 aliphatic carbocycles. The summed E-state index contributed by atoms with van der Waals surface area (Å²) in [6, 6.07) is 4.59. The number of benzene rings is 1. The topological polar surface area (TPSA) is 32.3 Å². The number of rotatable bonds is 3. The van der Waals surface area contributed by atoms with Gasteiger partial charge >= 0.3 is 0 Å². The van der Waals surface area contributed by atoms with Gasteiger partial charge in [0.05, 0.1) is 0 Å². The average molecular weight is 219 g/mol. The van der Waals surface area contributed by atoms with Crippen molar-refractivity contribution in [3.8, 4) is 5.75 Å². The molecule has 0 saturated heterocycles. The molecule has 1 aromatic rings. The van der Waals surface area contributed by atoms with Crippen molar-refractivity contribution in [3.05, 3.63) is 28.8 Å². The van der Waals surface area contributed by atoms with Crippen molar-refractivity contribution < 1.29 is 5.11 Å². The Balaban J connectivity index is 1.96. The van der Waals surface area contributed by atoms with Crippen LogP contribution in [0.2, 0.25) is 0 Å². The van der Waals surface area contributed by atoms with Crippen molar-refractivity contribution in [1.29, 1.82) is 0 Å². The Bertz CT molecular complexity index is 381. The smallest absolute Gasteiger partial charge is 0.120 e. The number of phenols is 1. The highest BCUT2D eigenvalue weighted by atomic mass is 16.3. The van der Waals surface area contributed by atoms with E-state index in [9.17, 15) is 5.11 Å². The maximum absolute atomic E-state index is 9.83. The molecule has 0 aliphatic heterocycles. The van der Waals surface area contributed by atoms with Crippen LogP contribution in [0.4, 0.5) is 0 Å². The molecule has 2 rings (SSSR count).